The number of nitrogens with one attached hydrogen (secondary N) is 1. The highest BCUT2D eigenvalue weighted by atomic mass is 16.6. The maximum atomic E-state index is 12.1. The van der Waals surface area contributed by atoms with Gasteiger partial charge in [0.1, 0.15) is 0 Å². The number of nitrogens with zero attached hydrogens (tertiary/aromatic N) is 1. The van der Waals surface area contributed by atoms with Crippen LogP contribution in [0.15, 0.2) is 36.4 Å². The van der Waals surface area contributed by atoms with Crippen molar-refractivity contribution in [3.8, 4) is 0 Å². The lowest BCUT2D eigenvalue weighted by atomic mass is 10.0. The maximum Gasteiger partial charge on any atom is 0.269 e. The molecule has 0 aliphatic carbocycles. The Morgan fingerprint density at radius 2 is 1.57 bits per heavy atom. The quantitative estimate of drug-likeness (QED) is 0.688. The number of nitro benzene ring substituents is 1. The number of benzene rings is 2. The summed E-state index contributed by atoms with van der Waals surface area (Å²) in [4.78, 5) is 22.2. The summed E-state index contributed by atoms with van der Waals surface area (Å²) in [5.41, 5.74) is 4.48. The van der Waals surface area contributed by atoms with E-state index in [4.69, 9.17) is 0 Å². The molecular weight excluding hydrogens is 268 g/mol. The lowest BCUT2D eigenvalue weighted by Crippen LogP contribution is -2.12. The minimum atomic E-state index is -0.492. The molecule has 1 N–H and O–H groups in total. The summed E-state index contributed by atoms with van der Waals surface area (Å²) < 4.78 is 0. The minimum absolute atomic E-state index is 0.0337. The number of carbonyl (C=O) groups is 1. The van der Waals surface area contributed by atoms with Gasteiger partial charge in [-0.25, -0.2) is 0 Å². The average Bonchev–Trinajstić information content (AvgIpc) is 2.44. The molecule has 0 saturated carbocycles. The molecule has 0 saturated heterocycles. The Kier molecular flexibility index (Phi) is 4.03. The van der Waals surface area contributed by atoms with Crippen molar-refractivity contribution in [3.63, 3.8) is 0 Å². The van der Waals surface area contributed by atoms with Gasteiger partial charge in [-0.3, -0.25) is 14.9 Å². The minimum Gasteiger partial charge on any atom is -0.322 e. The van der Waals surface area contributed by atoms with Crippen LogP contribution in [-0.4, -0.2) is 10.8 Å². The summed E-state index contributed by atoms with van der Waals surface area (Å²) >= 11 is 0. The molecule has 0 unspecified atom stereocenters. The zero-order chi connectivity index (χ0) is 15.6. The second-order valence-corrected chi connectivity index (χ2v) is 4.99. The third kappa shape index (κ3) is 3.25. The van der Waals surface area contributed by atoms with Crippen molar-refractivity contribution in [3.05, 3.63) is 68.8 Å². The van der Waals surface area contributed by atoms with Gasteiger partial charge in [-0.1, -0.05) is 0 Å². The topological polar surface area (TPSA) is 72.2 Å². The molecule has 0 bridgehead atoms. The van der Waals surface area contributed by atoms with Gasteiger partial charge in [0.2, 0.25) is 0 Å². The van der Waals surface area contributed by atoms with Crippen LogP contribution in [0.25, 0.3) is 0 Å². The molecule has 1 amide bonds. The van der Waals surface area contributed by atoms with Crippen LogP contribution in [0.2, 0.25) is 0 Å². The third-order valence-corrected chi connectivity index (χ3v) is 3.53. The first kappa shape index (κ1) is 14.7. The molecule has 0 fully saturated rings. The van der Waals surface area contributed by atoms with E-state index in [1.807, 2.05) is 32.9 Å². The fourth-order valence-electron chi connectivity index (χ4n) is 2.05. The van der Waals surface area contributed by atoms with Crippen molar-refractivity contribution >= 4 is 17.3 Å². The number of anilines is 1. The van der Waals surface area contributed by atoms with Crippen LogP contribution in [0.3, 0.4) is 0 Å². The van der Waals surface area contributed by atoms with Gasteiger partial charge in [-0.15, -0.1) is 0 Å². The highest BCUT2D eigenvalue weighted by molar-refractivity contribution is 6.04. The van der Waals surface area contributed by atoms with Crippen LogP contribution < -0.4 is 5.32 Å². The van der Waals surface area contributed by atoms with Gasteiger partial charge >= 0.3 is 0 Å². The Hall–Kier alpha value is -2.69. The summed E-state index contributed by atoms with van der Waals surface area (Å²) in [7, 11) is 0. The van der Waals surface area contributed by atoms with Crippen LogP contribution in [0.1, 0.15) is 27.0 Å². The first-order valence-electron chi connectivity index (χ1n) is 6.52. The van der Waals surface area contributed by atoms with Crippen LogP contribution in [0, 0.1) is 30.9 Å². The largest absolute Gasteiger partial charge is 0.322 e. The second kappa shape index (κ2) is 5.75. The standard InChI is InChI=1S/C16H16N2O3/c1-10-8-14(9-11(2)12(10)3)17-16(19)13-4-6-15(7-5-13)18(20)21/h4-9H,1-3H3,(H,17,19). The Morgan fingerprint density at radius 1 is 1.05 bits per heavy atom. The summed E-state index contributed by atoms with van der Waals surface area (Å²) in [6, 6.07) is 9.35. The molecule has 5 heteroatoms. The van der Waals surface area contributed by atoms with E-state index in [1.165, 1.54) is 29.8 Å². The Morgan fingerprint density at radius 3 is 2.05 bits per heavy atom. The molecule has 21 heavy (non-hydrogen) atoms. The molecule has 0 heterocycles. The zero-order valence-electron chi connectivity index (χ0n) is 12.1. The maximum absolute atomic E-state index is 12.1. The summed E-state index contributed by atoms with van der Waals surface area (Å²) in [6.45, 7) is 6.01. The molecule has 0 spiro atoms. The SMILES string of the molecule is Cc1cc(NC(=O)c2ccc([N+](=O)[O-])cc2)cc(C)c1C. The van der Waals surface area contributed by atoms with E-state index in [0.29, 0.717) is 5.56 Å². The van der Waals surface area contributed by atoms with Gasteiger partial charge < -0.3 is 5.32 Å². The number of hydrogen-bond acceptors (Lipinski definition) is 3. The number of non-ortho nitro benzene ring substituents is 1. The van der Waals surface area contributed by atoms with E-state index in [-0.39, 0.29) is 11.6 Å². The van der Waals surface area contributed by atoms with Crippen molar-refractivity contribution in [1.29, 1.82) is 0 Å². The molecule has 0 atom stereocenters. The number of carbonyl (C=O) groups excluding carboxylic acids is 1. The Bertz CT molecular complexity index is 683. The Balaban J connectivity index is 2.20. The number of aryl methyl sites for hydroxylation is 2. The predicted molar refractivity (Wildman–Crippen MR) is 81.7 cm³/mol. The third-order valence-electron chi connectivity index (χ3n) is 3.53. The van der Waals surface area contributed by atoms with Gasteiger partial charge in [-0.05, 0) is 61.7 Å². The van der Waals surface area contributed by atoms with Crippen molar-refractivity contribution < 1.29 is 9.72 Å². The second-order valence-electron chi connectivity index (χ2n) is 4.99. The van der Waals surface area contributed by atoms with Crippen LogP contribution >= 0.6 is 0 Å². The van der Waals surface area contributed by atoms with Gasteiger partial charge in [0.25, 0.3) is 11.6 Å². The van der Waals surface area contributed by atoms with Gasteiger partial charge in [-0.2, -0.15) is 0 Å². The van der Waals surface area contributed by atoms with Crippen LogP contribution in [-0.2, 0) is 0 Å². The molecular formula is C16H16N2O3. The summed E-state index contributed by atoms with van der Waals surface area (Å²) in [5, 5.41) is 13.4. The smallest absolute Gasteiger partial charge is 0.269 e. The predicted octanol–water partition coefficient (Wildman–Crippen LogP) is 3.77. The summed E-state index contributed by atoms with van der Waals surface area (Å²) in [5.74, 6) is -0.285. The molecule has 0 radical (unpaired) electrons. The zero-order valence-corrected chi connectivity index (χ0v) is 12.1. The molecule has 2 aromatic rings. The number of amides is 1. The lowest BCUT2D eigenvalue weighted by molar-refractivity contribution is -0.384. The molecule has 2 aromatic carbocycles. The van der Waals surface area contributed by atoms with Crippen molar-refractivity contribution in [2.75, 3.05) is 5.32 Å². The number of nitro groups is 1. The molecule has 0 aliphatic heterocycles. The molecule has 0 aromatic heterocycles. The number of hydrogen-bond donors (Lipinski definition) is 1. The first-order chi connectivity index (χ1) is 9.88. The van der Waals surface area contributed by atoms with Crippen molar-refractivity contribution in [2.24, 2.45) is 0 Å². The molecule has 5 nitrogen and oxygen atoms in total. The number of rotatable bonds is 3. The highest BCUT2D eigenvalue weighted by Gasteiger charge is 2.10. The van der Waals surface area contributed by atoms with E-state index >= 15 is 0 Å². The van der Waals surface area contributed by atoms with Crippen molar-refractivity contribution in [2.45, 2.75) is 20.8 Å². The normalized spacial score (nSPS) is 10.2. The van der Waals surface area contributed by atoms with Gasteiger partial charge in [0, 0.05) is 23.4 Å². The van der Waals surface area contributed by atoms with E-state index < -0.39 is 4.92 Å². The van der Waals surface area contributed by atoms with Gasteiger partial charge in [0.05, 0.1) is 4.92 Å². The van der Waals surface area contributed by atoms with Gasteiger partial charge in [0.15, 0.2) is 0 Å². The highest BCUT2D eigenvalue weighted by Crippen LogP contribution is 2.20. The van der Waals surface area contributed by atoms with E-state index in [1.54, 1.807) is 0 Å². The fraction of sp³-hybridized carbons (Fsp3) is 0.188. The van der Waals surface area contributed by atoms with E-state index in [2.05, 4.69) is 5.32 Å². The van der Waals surface area contributed by atoms with E-state index in [0.717, 1.165) is 16.8 Å². The van der Waals surface area contributed by atoms with Crippen molar-refractivity contribution in [1.82, 2.24) is 0 Å². The Labute approximate surface area is 122 Å². The summed E-state index contributed by atoms with van der Waals surface area (Å²) in [6.07, 6.45) is 0. The first-order valence-corrected chi connectivity index (χ1v) is 6.52. The molecule has 108 valence electrons. The van der Waals surface area contributed by atoms with Crippen LogP contribution in [0.5, 0.6) is 0 Å². The molecule has 2 rings (SSSR count). The average molecular weight is 284 g/mol. The fourth-order valence-corrected chi connectivity index (χ4v) is 2.05. The lowest BCUT2D eigenvalue weighted by Gasteiger charge is -2.10. The monoisotopic (exact) mass is 284 g/mol. The van der Waals surface area contributed by atoms with Crippen LogP contribution in [0.4, 0.5) is 11.4 Å². The van der Waals surface area contributed by atoms with E-state index in [9.17, 15) is 14.9 Å². The molecule has 0 aliphatic rings.